The molecule has 0 atom stereocenters. The fraction of sp³-hybridized carbons (Fsp3) is 0.600. The minimum Gasteiger partial charge on any atom is -0.415 e. The monoisotopic (exact) mass is 198 g/mol. The lowest BCUT2D eigenvalue weighted by molar-refractivity contribution is 0.0838. The lowest BCUT2D eigenvalue weighted by Crippen LogP contribution is -2.27. The highest BCUT2D eigenvalue weighted by Crippen LogP contribution is 2.05. The normalized spacial score (nSPS) is 17.2. The lowest BCUT2D eigenvalue weighted by Gasteiger charge is -2.17. The number of rotatable bonds is 5. The first-order valence-electron chi connectivity index (χ1n) is 4.68. The molecule has 0 bridgehead atoms. The van der Waals surface area contributed by atoms with Crippen molar-refractivity contribution in [2.24, 2.45) is 0 Å². The standard InChI is InChI=1S/C10H18O2Si/c1-13(2,3)12-9-8-11-10-6-4-5-7-10/h4-7,10H,8-9H2,1-3H3. The second kappa shape index (κ2) is 4.74. The highest BCUT2D eigenvalue weighted by Gasteiger charge is 2.13. The molecule has 0 aromatic heterocycles. The minimum absolute atomic E-state index is 0.172. The summed E-state index contributed by atoms with van der Waals surface area (Å²) in [7, 11) is -1.35. The number of allylic oxidation sites excluding steroid dienone is 2. The molecule has 2 nitrogen and oxygen atoms in total. The minimum atomic E-state index is -1.35. The average molecular weight is 198 g/mol. The third-order valence-corrected chi connectivity index (χ3v) is 2.71. The van der Waals surface area contributed by atoms with Crippen molar-refractivity contribution in [3.8, 4) is 0 Å². The summed E-state index contributed by atoms with van der Waals surface area (Å²) < 4.78 is 11.2. The van der Waals surface area contributed by atoms with Gasteiger partial charge in [-0.25, -0.2) is 0 Å². The van der Waals surface area contributed by atoms with Crippen LogP contribution in [-0.2, 0) is 9.16 Å². The summed E-state index contributed by atoms with van der Waals surface area (Å²) in [6, 6.07) is 0. The molecular formula is C10H18O2Si. The molecule has 0 aromatic carbocycles. The van der Waals surface area contributed by atoms with Crippen molar-refractivity contribution in [3.05, 3.63) is 24.3 Å². The molecular weight excluding hydrogens is 180 g/mol. The first-order valence-corrected chi connectivity index (χ1v) is 8.09. The number of hydrogen-bond acceptors (Lipinski definition) is 2. The van der Waals surface area contributed by atoms with Crippen LogP contribution in [0.2, 0.25) is 19.6 Å². The topological polar surface area (TPSA) is 18.5 Å². The molecule has 1 aliphatic carbocycles. The van der Waals surface area contributed by atoms with E-state index in [-0.39, 0.29) is 6.10 Å². The van der Waals surface area contributed by atoms with Gasteiger partial charge in [-0.15, -0.1) is 0 Å². The van der Waals surface area contributed by atoms with Crippen LogP contribution in [0.1, 0.15) is 0 Å². The van der Waals surface area contributed by atoms with Gasteiger partial charge in [0.25, 0.3) is 0 Å². The zero-order valence-corrected chi connectivity index (χ0v) is 9.62. The molecule has 0 unspecified atom stereocenters. The van der Waals surface area contributed by atoms with Crippen LogP contribution in [0.4, 0.5) is 0 Å². The third kappa shape index (κ3) is 5.03. The van der Waals surface area contributed by atoms with E-state index in [0.29, 0.717) is 13.2 Å². The van der Waals surface area contributed by atoms with E-state index in [1.54, 1.807) is 0 Å². The second-order valence-electron chi connectivity index (χ2n) is 4.07. The van der Waals surface area contributed by atoms with E-state index in [4.69, 9.17) is 9.16 Å². The van der Waals surface area contributed by atoms with E-state index in [1.807, 2.05) is 24.3 Å². The molecule has 3 heteroatoms. The number of ether oxygens (including phenoxy) is 1. The highest BCUT2D eigenvalue weighted by molar-refractivity contribution is 6.69. The molecule has 0 aliphatic heterocycles. The van der Waals surface area contributed by atoms with Gasteiger partial charge in [0.15, 0.2) is 8.32 Å². The van der Waals surface area contributed by atoms with E-state index < -0.39 is 8.32 Å². The van der Waals surface area contributed by atoms with E-state index in [1.165, 1.54) is 0 Å². The summed E-state index contributed by atoms with van der Waals surface area (Å²) in [5.74, 6) is 0. The molecule has 0 heterocycles. The number of hydrogen-bond donors (Lipinski definition) is 0. The average Bonchev–Trinajstić information content (AvgIpc) is 2.48. The van der Waals surface area contributed by atoms with Crippen molar-refractivity contribution in [2.75, 3.05) is 13.2 Å². The van der Waals surface area contributed by atoms with E-state index in [9.17, 15) is 0 Å². The Balaban J connectivity index is 2.01. The molecule has 74 valence electrons. The second-order valence-corrected chi connectivity index (χ2v) is 8.58. The van der Waals surface area contributed by atoms with E-state index in [2.05, 4.69) is 19.6 Å². The van der Waals surface area contributed by atoms with Crippen LogP contribution in [0.15, 0.2) is 24.3 Å². The Morgan fingerprint density at radius 1 is 1.08 bits per heavy atom. The van der Waals surface area contributed by atoms with Crippen LogP contribution >= 0.6 is 0 Å². The Kier molecular flexibility index (Phi) is 3.90. The van der Waals surface area contributed by atoms with Gasteiger partial charge in [0, 0.05) is 0 Å². The predicted octanol–water partition coefficient (Wildman–Crippen LogP) is 2.35. The summed E-state index contributed by atoms with van der Waals surface area (Å²) in [5, 5.41) is 0. The van der Waals surface area contributed by atoms with Crippen molar-refractivity contribution < 1.29 is 9.16 Å². The fourth-order valence-corrected chi connectivity index (χ4v) is 1.75. The zero-order valence-electron chi connectivity index (χ0n) is 8.62. The maximum Gasteiger partial charge on any atom is 0.183 e. The van der Waals surface area contributed by atoms with Gasteiger partial charge in [0.2, 0.25) is 0 Å². The SMILES string of the molecule is C[Si](C)(C)OCCOC1C=CC=C1. The van der Waals surface area contributed by atoms with Crippen LogP contribution in [0.3, 0.4) is 0 Å². The van der Waals surface area contributed by atoms with Crippen LogP contribution in [0.5, 0.6) is 0 Å². The highest BCUT2D eigenvalue weighted by atomic mass is 28.4. The van der Waals surface area contributed by atoms with Crippen molar-refractivity contribution in [3.63, 3.8) is 0 Å². The quantitative estimate of drug-likeness (QED) is 0.499. The summed E-state index contributed by atoms with van der Waals surface area (Å²) in [6.07, 6.45) is 8.25. The molecule has 0 amide bonds. The summed E-state index contributed by atoms with van der Waals surface area (Å²) >= 11 is 0. The third-order valence-electron chi connectivity index (χ3n) is 1.64. The first kappa shape index (κ1) is 10.7. The van der Waals surface area contributed by atoms with Gasteiger partial charge in [-0.3, -0.25) is 0 Å². The van der Waals surface area contributed by atoms with Gasteiger partial charge in [-0.2, -0.15) is 0 Å². The Bertz CT molecular complexity index is 191. The maximum atomic E-state index is 5.65. The van der Waals surface area contributed by atoms with Crippen LogP contribution in [0, 0.1) is 0 Å². The fourth-order valence-electron chi connectivity index (χ4n) is 1.05. The molecule has 0 N–H and O–H groups in total. The molecule has 1 rings (SSSR count). The Morgan fingerprint density at radius 3 is 2.23 bits per heavy atom. The van der Waals surface area contributed by atoms with Gasteiger partial charge < -0.3 is 9.16 Å². The Morgan fingerprint density at radius 2 is 1.69 bits per heavy atom. The van der Waals surface area contributed by atoms with Gasteiger partial charge in [-0.1, -0.05) is 24.3 Å². The Hall–Kier alpha value is -0.383. The first-order chi connectivity index (χ1) is 6.08. The molecule has 0 aromatic rings. The summed E-state index contributed by atoms with van der Waals surface area (Å²) in [4.78, 5) is 0. The van der Waals surface area contributed by atoms with Gasteiger partial charge in [0.05, 0.1) is 19.3 Å². The molecule has 0 saturated carbocycles. The smallest absolute Gasteiger partial charge is 0.183 e. The predicted molar refractivity (Wildman–Crippen MR) is 57.3 cm³/mol. The van der Waals surface area contributed by atoms with Crippen molar-refractivity contribution in [1.82, 2.24) is 0 Å². The maximum absolute atomic E-state index is 5.65. The molecule has 0 fully saturated rings. The molecule has 1 aliphatic rings. The molecule has 0 radical (unpaired) electrons. The Labute approximate surface area is 81.4 Å². The van der Waals surface area contributed by atoms with Gasteiger partial charge in [-0.05, 0) is 19.6 Å². The molecule has 0 saturated heterocycles. The lowest BCUT2D eigenvalue weighted by atomic mass is 10.4. The van der Waals surface area contributed by atoms with E-state index in [0.717, 1.165) is 0 Å². The zero-order chi connectivity index (χ0) is 9.73. The van der Waals surface area contributed by atoms with Crippen molar-refractivity contribution in [1.29, 1.82) is 0 Å². The van der Waals surface area contributed by atoms with Gasteiger partial charge in [0.1, 0.15) is 0 Å². The van der Waals surface area contributed by atoms with E-state index >= 15 is 0 Å². The van der Waals surface area contributed by atoms with Crippen LogP contribution in [0.25, 0.3) is 0 Å². The van der Waals surface area contributed by atoms with Crippen molar-refractivity contribution >= 4 is 8.32 Å². The van der Waals surface area contributed by atoms with Crippen LogP contribution < -0.4 is 0 Å². The largest absolute Gasteiger partial charge is 0.415 e. The van der Waals surface area contributed by atoms with Crippen LogP contribution in [-0.4, -0.2) is 27.6 Å². The molecule has 13 heavy (non-hydrogen) atoms. The summed E-state index contributed by atoms with van der Waals surface area (Å²) in [6.45, 7) is 7.95. The summed E-state index contributed by atoms with van der Waals surface area (Å²) in [5.41, 5.74) is 0. The van der Waals surface area contributed by atoms with Gasteiger partial charge >= 0.3 is 0 Å². The molecule has 0 spiro atoms. The van der Waals surface area contributed by atoms with Crippen molar-refractivity contribution in [2.45, 2.75) is 25.7 Å².